The first kappa shape index (κ1) is 25.0. The van der Waals surface area contributed by atoms with Crippen LogP contribution in [0.3, 0.4) is 0 Å². The average Bonchev–Trinajstić information content (AvgIpc) is 3.28. The Hall–Kier alpha value is -4.65. The zero-order valence-electron chi connectivity index (χ0n) is 21.4. The molecular weight excluding hydrogens is 478 g/mol. The maximum absolute atomic E-state index is 13.4. The van der Waals surface area contributed by atoms with Crippen molar-refractivity contribution < 1.29 is 19.1 Å². The van der Waals surface area contributed by atoms with Crippen molar-refractivity contribution in [2.24, 2.45) is 0 Å². The summed E-state index contributed by atoms with van der Waals surface area (Å²) in [7, 11) is 0. The zero-order valence-corrected chi connectivity index (χ0v) is 21.4. The van der Waals surface area contributed by atoms with Gasteiger partial charge in [0.2, 0.25) is 0 Å². The number of rotatable bonds is 8. The Morgan fingerprint density at radius 2 is 1.63 bits per heavy atom. The quantitative estimate of drug-likeness (QED) is 0.238. The van der Waals surface area contributed by atoms with E-state index in [1.54, 1.807) is 18.2 Å². The summed E-state index contributed by atoms with van der Waals surface area (Å²) in [6.45, 7) is 5.26. The minimum absolute atomic E-state index is 0.0981. The lowest BCUT2D eigenvalue weighted by Crippen LogP contribution is -2.54. The summed E-state index contributed by atoms with van der Waals surface area (Å²) in [5, 5.41) is 3.21. The highest BCUT2D eigenvalue weighted by atomic mass is 16.5. The largest absolute Gasteiger partial charge is 0.492 e. The highest BCUT2D eigenvalue weighted by Gasteiger charge is 2.37. The summed E-state index contributed by atoms with van der Waals surface area (Å²) in [6.07, 6.45) is 4.44. The number of imide groups is 2. The monoisotopic (exact) mass is 507 g/mol. The Labute approximate surface area is 221 Å². The fraction of sp³-hybridized carbons (Fsp3) is 0.194. The molecule has 1 aliphatic heterocycles. The Kier molecular flexibility index (Phi) is 7.09. The molecule has 1 saturated heterocycles. The summed E-state index contributed by atoms with van der Waals surface area (Å²) in [4.78, 5) is 39.9. The third-order valence-corrected chi connectivity index (χ3v) is 6.90. The molecule has 1 aromatic heterocycles. The van der Waals surface area contributed by atoms with Crippen molar-refractivity contribution in [3.05, 3.63) is 102 Å². The van der Waals surface area contributed by atoms with Gasteiger partial charge in [0, 0.05) is 22.7 Å². The van der Waals surface area contributed by atoms with Crippen molar-refractivity contribution in [3.63, 3.8) is 0 Å². The van der Waals surface area contributed by atoms with Crippen LogP contribution in [0.5, 0.6) is 5.75 Å². The lowest BCUT2D eigenvalue weighted by molar-refractivity contribution is -0.122. The number of barbiturate groups is 1. The van der Waals surface area contributed by atoms with Crippen molar-refractivity contribution >= 4 is 40.5 Å². The fourth-order valence-corrected chi connectivity index (χ4v) is 4.59. The standard InChI is InChI=1S/C31H29N3O4/c1-3-21(2)22-13-15-24(16-14-22)34-30(36)27(29(35)32-31(34)37)19-23-20-33(28-12-8-7-11-26(23)28)17-18-38-25-9-5-4-6-10-25/h4-16,19-21H,3,17-18H2,1-2H3,(H,32,35,37). The lowest BCUT2D eigenvalue weighted by Gasteiger charge is -2.26. The number of anilines is 1. The second-order valence-corrected chi connectivity index (χ2v) is 9.32. The predicted molar refractivity (Wildman–Crippen MR) is 148 cm³/mol. The van der Waals surface area contributed by atoms with Crippen LogP contribution in [0, 0.1) is 0 Å². The lowest BCUT2D eigenvalue weighted by atomic mass is 9.98. The molecule has 2 heterocycles. The van der Waals surface area contributed by atoms with E-state index in [1.807, 2.05) is 77.5 Å². The van der Waals surface area contributed by atoms with Crippen LogP contribution < -0.4 is 15.0 Å². The van der Waals surface area contributed by atoms with Crippen LogP contribution in [0.4, 0.5) is 10.5 Å². The topological polar surface area (TPSA) is 80.6 Å². The van der Waals surface area contributed by atoms with E-state index in [1.165, 1.54) is 0 Å². The van der Waals surface area contributed by atoms with Gasteiger partial charge in [-0.05, 0) is 54.3 Å². The normalized spacial score (nSPS) is 15.7. The van der Waals surface area contributed by atoms with Crippen LogP contribution >= 0.6 is 0 Å². The van der Waals surface area contributed by atoms with Crippen molar-refractivity contribution in [2.75, 3.05) is 11.5 Å². The van der Waals surface area contributed by atoms with Gasteiger partial charge in [-0.15, -0.1) is 0 Å². The summed E-state index contributed by atoms with van der Waals surface area (Å²) in [5.74, 6) is -0.212. The number of fused-ring (bicyclic) bond motifs is 1. The Balaban J connectivity index is 1.43. The summed E-state index contributed by atoms with van der Waals surface area (Å²) in [6, 6.07) is 23.9. The predicted octanol–water partition coefficient (Wildman–Crippen LogP) is 5.90. The number of amides is 4. The maximum Gasteiger partial charge on any atom is 0.335 e. The molecule has 192 valence electrons. The molecule has 4 amide bonds. The highest BCUT2D eigenvalue weighted by Crippen LogP contribution is 2.28. The molecule has 0 bridgehead atoms. The van der Waals surface area contributed by atoms with Crippen molar-refractivity contribution in [2.45, 2.75) is 32.7 Å². The Morgan fingerprint density at radius 3 is 2.37 bits per heavy atom. The first-order valence-electron chi connectivity index (χ1n) is 12.7. The molecule has 0 spiro atoms. The maximum atomic E-state index is 13.4. The first-order valence-corrected chi connectivity index (χ1v) is 12.7. The minimum atomic E-state index is -0.756. The van der Waals surface area contributed by atoms with Crippen LogP contribution in [-0.4, -0.2) is 29.0 Å². The third kappa shape index (κ3) is 4.95. The Bertz CT molecular complexity index is 1520. The fourth-order valence-electron chi connectivity index (χ4n) is 4.59. The number of hydrogen-bond donors (Lipinski definition) is 1. The molecule has 38 heavy (non-hydrogen) atoms. The molecule has 1 fully saturated rings. The van der Waals surface area contributed by atoms with Gasteiger partial charge in [-0.2, -0.15) is 0 Å². The molecule has 1 atom stereocenters. The van der Waals surface area contributed by atoms with Crippen molar-refractivity contribution in [3.8, 4) is 5.75 Å². The van der Waals surface area contributed by atoms with Crippen LogP contribution in [0.2, 0.25) is 0 Å². The average molecular weight is 508 g/mol. The number of nitrogens with zero attached hydrogens (tertiary/aromatic N) is 2. The smallest absolute Gasteiger partial charge is 0.335 e. The number of nitrogens with one attached hydrogen (secondary N) is 1. The number of urea groups is 1. The molecule has 3 aromatic carbocycles. The van der Waals surface area contributed by atoms with Crippen molar-refractivity contribution in [1.29, 1.82) is 0 Å². The molecule has 1 N–H and O–H groups in total. The molecule has 0 saturated carbocycles. The summed E-state index contributed by atoms with van der Waals surface area (Å²) < 4.78 is 7.89. The number of aromatic nitrogens is 1. The summed E-state index contributed by atoms with van der Waals surface area (Å²) >= 11 is 0. The molecule has 0 aliphatic carbocycles. The van der Waals surface area contributed by atoms with Gasteiger partial charge < -0.3 is 9.30 Å². The number of carbonyl (C=O) groups is 3. The zero-order chi connectivity index (χ0) is 26.6. The van der Waals surface area contributed by atoms with Crippen LogP contribution in [0.15, 0.2) is 90.6 Å². The van der Waals surface area contributed by atoms with Crippen LogP contribution in [0.1, 0.15) is 37.3 Å². The molecule has 1 unspecified atom stereocenters. The SMILES string of the molecule is CCC(C)c1ccc(N2C(=O)NC(=O)C(=Cc3cn(CCOc4ccccc4)c4ccccc34)C2=O)cc1. The van der Waals surface area contributed by atoms with Gasteiger partial charge in [0.25, 0.3) is 11.8 Å². The van der Waals surface area contributed by atoms with Gasteiger partial charge in [0.15, 0.2) is 0 Å². The second-order valence-electron chi connectivity index (χ2n) is 9.32. The van der Waals surface area contributed by atoms with Gasteiger partial charge in [-0.1, -0.05) is 62.4 Å². The highest BCUT2D eigenvalue weighted by molar-refractivity contribution is 6.39. The van der Waals surface area contributed by atoms with E-state index in [0.717, 1.165) is 33.5 Å². The second kappa shape index (κ2) is 10.8. The van der Waals surface area contributed by atoms with Gasteiger partial charge in [0.1, 0.15) is 17.9 Å². The van der Waals surface area contributed by atoms with Gasteiger partial charge in [0.05, 0.1) is 12.2 Å². The van der Waals surface area contributed by atoms with Gasteiger partial charge >= 0.3 is 6.03 Å². The summed E-state index contributed by atoms with van der Waals surface area (Å²) in [5.41, 5.74) is 3.10. The number of benzene rings is 3. The van der Waals surface area contributed by atoms with E-state index >= 15 is 0 Å². The van der Waals surface area contributed by atoms with Gasteiger partial charge in [-0.25, -0.2) is 9.69 Å². The Morgan fingerprint density at radius 1 is 0.921 bits per heavy atom. The number of hydrogen-bond acceptors (Lipinski definition) is 4. The third-order valence-electron chi connectivity index (χ3n) is 6.90. The van der Waals surface area contributed by atoms with E-state index in [4.69, 9.17) is 4.74 Å². The van der Waals surface area contributed by atoms with E-state index < -0.39 is 17.8 Å². The molecule has 5 rings (SSSR count). The number of para-hydroxylation sites is 2. The molecule has 4 aromatic rings. The van der Waals surface area contributed by atoms with Gasteiger partial charge in [-0.3, -0.25) is 14.9 Å². The van der Waals surface area contributed by atoms with E-state index in [9.17, 15) is 14.4 Å². The molecule has 0 radical (unpaired) electrons. The molecule has 7 heteroatoms. The van der Waals surface area contributed by atoms with Crippen LogP contribution in [0.25, 0.3) is 17.0 Å². The number of ether oxygens (including phenoxy) is 1. The molecule has 1 aliphatic rings. The van der Waals surface area contributed by atoms with E-state index in [-0.39, 0.29) is 5.57 Å². The van der Waals surface area contributed by atoms with Crippen LogP contribution in [-0.2, 0) is 16.1 Å². The number of carbonyl (C=O) groups excluding carboxylic acids is 3. The first-order chi connectivity index (χ1) is 18.5. The molecular formula is C31H29N3O4. The minimum Gasteiger partial charge on any atom is -0.492 e. The van der Waals surface area contributed by atoms with Crippen molar-refractivity contribution in [1.82, 2.24) is 9.88 Å². The van der Waals surface area contributed by atoms with E-state index in [2.05, 4.69) is 19.2 Å². The molecule has 7 nitrogen and oxygen atoms in total. The van der Waals surface area contributed by atoms with E-state index in [0.29, 0.717) is 30.3 Å².